The Morgan fingerprint density at radius 3 is 2.64 bits per heavy atom. The summed E-state index contributed by atoms with van der Waals surface area (Å²) in [5.41, 5.74) is 10.4. The van der Waals surface area contributed by atoms with Crippen molar-refractivity contribution in [2.24, 2.45) is 5.73 Å². The van der Waals surface area contributed by atoms with E-state index in [2.05, 4.69) is 24.0 Å². The highest BCUT2D eigenvalue weighted by atomic mass is 35.5. The zero-order valence-electron chi connectivity index (χ0n) is 12.4. The molecule has 0 saturated carbocycles. The van der Waals surface area contributed by atoms with Gasteiger partial charge in [-0.1, -0.05) is 29.3 Å². The molecule has 5 heteroatoms. The molecular formula is C17H18Cl2N2S. The Bertz CT molecular complexity index is 804. The van der Waals surface area contributed by atoms with E-state index in [1.165, 1.54) is 11.1 Å². The van der Waals surface area contributed by atoms with Gasteiger partial charge in [-0.05, 0) is 62.1 Å². The largest absolute Gasteiger partial charge is 0.353 e. The zero-order valence-corrected chi connectivity index (χ0v) is 14.7. The van der Waals surface area contributed by atoms with E-state index in [9.17, 15) is 0 Å². The van der Waals surface area contributed by atoms with Crippen LogP contribution in [-0.2, 0) is 6.42 Å². The van der Waals surface area contributed by atoms with Gasteiger partial charge in [0.05, 0.1) is 25.4 Å². The molecule has 0 amide bonds. The molecule has 116 valence electrons. The van der Waals surface area contributed by atoms with Gasteiger partial charge in [0.15, 0.2) is 0 Å². The summed E-state index contributed by atoms with van der Waals surface area (Å²) in [7, 11) is 0. The standard InChI is InChI=1S/C17H18Cl2N2S/c1-10-5-6-12(18)15-11(4-2-3-9-20)17(21-16(10)15)13-7-8-14(19)22-13/h5-8,21H,2-4,9,20H2,1H3. The second kappa shape index (κ2) is 6.63. The number of rotatable bonds is 5. The van der Waals surface area contributed by atoms with Crippen molar-refractivity contribution >= 4 is 45.4 Å². The predicted octanol–water partition coefficient (Wildman–Crippen LogP) is 5.79. The van der Waals surface area contributed by atoms with Gasteiger partial charge < -0.3 is 10.7 Å². The molecule has 0 saturated heterocycles. The van der Waals surface area contributed by atoms with E-state index in [4.69, 9.17) is 28.9 Å². The third-order valence-electron chi connectivity index (χ3n) is 3.92. The lowest BCUT2D eigenvalue weighted by Gasteiger charge is -2.04. The number of nitrogens with two attached hydrogens (primary N) is 1. The highest BCUT2D eigenvalue weighted by Gasteiger charge is 2.17. The normalized spacial score (nSPS) is 11.5. The van der Waals surface area contributed by atoms with E-state index >= 15 is 0 Å². The van der Waals surface area contributed by atoms with Crippen LogP contribution in [0.15, 0.2) is 24.3 Å². The molecule has 0 bridgehead atoms. The van der Waals surface area contributed by atoms with Crippen molar-refractivity contribution in [3.63, 3.8) is 0 Å². The lowest BCUT2D eigenvalue weighted by atomic mass is 10.0. The number of aromatic nitrogens is 1. The summed E-state index contributed by atoms with van der Waals surface area (Å²) in [4.78, 5) is 4.72. The van der Waals surface area contributed by atoms with Gasteiger partial charge in [-0.15, -0.1) is 11.3 Å². The fraction of sp³-hybridized carbons (Fsp3) is 0.294. The number of thiophene rings is 1. The van der Waals surface area contributed by atoms with Crippen LogP contribution in [-0.4, -0.2) is 11.5 Å². The number of H-pyrrole nitrogens is 1. The van der Waals surface area contributed by atoms with Crippen LogP contribution >= 0.6 is 34.5 Å². The lowest BCUT2D eigenvalue weighted by molar-refractivity contribution is 0.748. The maximum Gasteiger partial charge on any atom is 0.0935 e. The van der Waals surface area contributed by atoms with Crippen molar-refractivity contribution in [3.8, 4) is 10.6 Å². The Kier molecular flexibility index (Phi) is 4.79. The minimum Gasteiger partial charge on any atom is -0.353 e. The van der Waals surface area contributed by atoms with Gasteiger partial charge in [0.2, 0.25) is 0 Å². The first-order valence-electron chi connectivity index (χ1n) is 7.37. The molecule has 0 fully saturated rings. The molecule has 0 aliphatic rings. The van der Waals surface area contributed by atoms with E-state index in [1.54, 1.807) is 11.3 Å². The highest BCUT2D eigenvalue weighted by molar-refractivity contribution is 7.19. The molecule has 3 rings (SSSR count). The van der Waals surface area contributed by atoms with E-state index < -0.39 is 0 Å². The third kappa shape index (κ3) is 2.91. The first-order valence-corrected chi connectivity index (χ1v) is 8.94. The number of nitrogens with one attached hydrogen (secondary N) is 1. The molecule has 0 aliphatic heterocycles. The SMILES string of the molecule is Cc1ccc(Cl)c2c(CCCCN)c(-c3ccc(Cl)s3)[nH]c12. The van der Waals surface area contributed by atoms with Crippen LogP contribution in [0.1, 0.15) is 24.0 Å². The zero-order chi connectivity index (χ0) is 15.7. The number of hydrogen-bond acceptors (Lipinski definition) is 2. The van der Waals surface area contributed by atoms with Crippen LogP contribution in [0.3, 0.4) is 0 Å². The Hall–Kier alpha value is -1.00. The Balaban J connectivity index is 2.19. The van der Waals surface area contributed by atoms with Crippen LogP contribution < -0.4 is 5.73 Å². The number of benzene rings is 1. The summed E-state index contributed by atoms with van der Waals surface area (Å²) in [6.45, 7) is 2.82. The third-order valence-corrected chi connectivity index (χ3v) is 5.48. The van der Waals surface area contributed by atoms with Crippen molar-refractivity contribution in [1.29, 1.82) is 0 Å². The molecule has 2 aromatic heterocycles. The van der Waals surface area contributed by atoms with Gasteiger partial charge in [0.25, 0.3) is 0 Å². The number of aryl methyl sites for hydroxylation is 2. The van der Waals surface area contributed by atoms with E-state index in [0.29, 0.717) is 0 Å². The molecule has 0 unspecified atom stereocenters. The Morgan fingerprint density at radius 2 is 1.95 bits per heavy atom. The van der Waals surface area contributed by atoms with Crippen molar-refractivity contribution in [2.45, 2.75) is 26.2 Å². The summed E-state index contributed by atoms with van der Waals surface area (Å²) in [5, 5.41) is 1.94. The number of aromatic amines is 1. The minimum absolute atomic E-state index is 0.718. The van der Waals surface area contributed by atoms with Crippen molar-refractivity contribution in [1.82, 2.24) is 4.98 Å². The van der Waals surface area contributed by atoms with Crippen molar-refractivity contribution < 1.29 is 0 Å². The van der Waals surface area contributed by atoms with E-state index in [-0.39, 0.29) is 0 Å². The molecule has 3 N–H and O–H groups in total. The average Bonchev–Trinajstić information content (AvgIpc) is 3.08. The summed E-state index contributed by atoms with van der Waals surface area (Å²) in [5.74, 6) is 0. The summed E-state index contributed by atoms with van der Waals surface area (Å²) in [6, 6.07) is 8.03. The first kappa shape index (κ1) is 15.9. The summed E-state index contributed by atoms with van der Waals surface area (Å²) >= 11 is 14.2. The maximum atomic E-state index is 6.49. The topological polar surface area (TPSA) is 41.8 Å². The second-order valence-corrected chi connectivity index (χ2v) is 7.56. The van der Waals surface area contributed by atoms with E-state index in [1.807, 2.05) is 12.1 Å². The predicted molar refractivity (Wildman–Crippen MR) is 98.4 cm³/mol. The van der Waals surface area contributed by atoms with E-state index in [0.717, 1.165) is 56.6 Å². The number of unbranched alkanes of at least 4 members (excludes halogenated alkanes) is 1. The van der Waals surface area contributed by atoms with Crippen molar-refractivity contribution in [2.75, 3.05) is 6.54 Å². The number of hydrogen-bond donors (Lipinski definition) is 2. The van der Waals surface area contributed by atoms with Crippen LogP contribution in [0.25, 0.3) is 21.5 Å². The quantitative estimate of drug-likeness (QED) is 0.560. The molecule has 1 aromatic carbocycles. The van der Waals surface area contributed by atoms with Gasteiger partial charge in [-0.2, -0.15) is 0 Å². The number of fused-ring (bicyclic) bond motifs is 1. The molecule has 0 radical (unpaired) electrons. The van der Waals surface area contributed by atoms with Gasteiger partial charge in [0, 0.05) is 5.39 Å². The molecule has 2 nitrogen and oxygen atoms in total. The molecule has 0 atom stereocenters. The van der Waals surface area contributed by atoms with Gasteiger partial charge in [0.1, 0.15) is 0 Å². The van der Waals surface area contributed by atoms with Crippen molar-refractivity contribution in [3.05, 3.63) is 44.8 Å². The summed E-state index contributed by atoms with van der Waals surface area (Å²) < 4.78 is 0.796. The Labute approximate surface area is 144 Å². The van der Waals surface area contributed by atoms with Crippen LogP contribution in [0.4, 0.5) is 0 Å². The molecule has 2 heterocycles. The molecular weight excluding hydrogens is 335 g/mol. The maximum absolute atomic E-state index is 6.49. The van der Waals surface area contributed by atoms with Crippen LogP contribution in [0.5, 0.6) is 0 Å². The first-order chi connectivity index (χ1) is 10.6. The minimum atomic E-state index is 0.718. The monoisotopic (exact) mass is 352 g/mol. The fourth-order valence-corrected chi connectivity index (χ4v) is 4.16. The fourth-order valence-electron chi connectivity index (χ4n) is 2.82. The molecule has 22 heavy (non-hydrogen) atoms. The second-order valence-electron chi connectivity index (χ2n) is 5.44. The lowest BCUT2D eigenvalue weighted by Crippen LogP contribution is -1.99. The van der Waals surface area contributed by atoms with Gasteiger partial charge in [-0.3, -0.25) is 0 Å². The smallest absolute Gasteiger partial charge is 0.0935 e. The van der Waals surface area contributed by atoms with Crippen LogP contribution in [0.2, 0.25) is 9.36 Å². The highest BCUT2D eigenvalue weighted by Crippen LogP contribution is 2.40. The Morgan fingerprint density at radius 1 is 1.14 bits per heavy atom. The molecule has 3 aromatic rings. The summed E-state index contributed by atoms with van der Waals surface area (Å²) in [6.07, 6.45) is 3.03. The average molecular weight is 353 g/mol. The molecule has 0 aliphatic carbocycles. The van der Waals surface area contributed by atoms with Crippen LogP contribution in [0, 0.1) is 6.92 Å². The van der Waals surface area contributed by atoms with Gasteiger partial charge >= 0.3 is 0 Å². The molecule has 0 spiro atoms. The van der Waals surface area contributed by atoms with Gasteiger partial charge in [-0.25, -0.2) is 0 Å². The number of halogens is 2.